The number of esters is 1. The van der Waals surface area contributed by atoms with Gasteiger partial charge in [0.2, 0.25) is 5.91 Å². The number of likely N-dealkylation sites (N-methyl/N-ethyl adjacent to an activating group) is 1. The SMILES string of the molecule is COC(=O)C[C@@H]1NC2(CCCCC2)C(=O)N(C)[C@@H]1C. The van der Waals surface area contributed by atoms with E-state index < -0.39 is 5.54 Å². The number of amides is 1. The highest BCUT2D eigenvalue weighted by molar-refractivity contribution is 5.88. The van der Waals surface area contributed by atoms with Crippen LogP contribution in [0.1, 0.15) is 45.4 Å². The molecule has 2 aliphatic rings. The predicted molar refractivity (Wildman–Crippen MR) is 71.6 cm³/mol. The summed E-state index contributed by atoms with van der Waals surface area (Å²) in [6.07, 6.45) is 5.41. The van der Waals surface area contributed by atoms with Gasteiger partial charge in [0.15, 0.2) is 0 Å². The van der Waals surface area contributed by atoms with E-state index in [0.717, 1.165) is 25.7 Å². The summed E-state index contributed by atoms with van der Waals surface area (Å²) in [4.78, 5) is 25.9. The van der Waals surface area contributed by atoms with Crippen LogP contribution in [0.3, 0.4) is 0 Å². The first kappa shape index (κ1) is 14.3. The third kappa shape index (κ3) is 2.61. The first-order valence-electron chi connectivity index (χ1n) is 7.12. The van der Waals surface area contributed by atoms with E-state index in [1.807, 2.05) is 14.0 Å². The van der Waals surface area contributed by atoms with Crippen molar-refractivity contribution in [3.8, 4) is 0 Å². The number of methoxy groups -OCH3 is 1. The van der Waals surface area contributed by atoms with E-state index in [9.17, 15) is 9.59 Å². The Morgan fingerprint density at radius 2 is 2.05 bits per heavy atom. The van der Waals surface area contributed by atoms with Gasteiger partial charge in [0.05, 0.1) is 19.1 Å². The van der Waals surface area contributed by atoms with Crippen molar-refractivity contribution in [1.29, 1.82) is 0 Å². The first-order chi connectivity index (χ1) is 9.00. The van der Waals surface area contributed by atoms with Crippen LogP contribution in [0.15, 0.2) is 0 Å². The third-order valence-electron chi connectivity index (χ3n) is 4.71. The topological polar surface area (TPSA) is 58.6 Å². The molecule has 108 valence electrons. The fourth-order valence-electron chi connectivity index (χ4n) is 3.33. The van der Waals surface area contributed by atoms with Crippen molar-refractivity contribution in [2.45, 2.75) is 63.1 Å². The second kappa shape index (κ2) is 5.49. The zero-order valence-electron chi connectivity index (χ0n) is 12.1. The van der Waals surface area contributed by atoms with Crippen molar-refractivity contribution in [1.82, 2.24) is 10.2 Å². The molecule has 0 bridgehead atoms. The number of ether oxygens (including phenoxy) is 1. The molecule has 1 saturated heterocycles. The lowest BCUT2D eigenvalue weighted by Crippen LogP contribution is -2.71. The molecule has 5 heteroatoms. The fraction of sp³-hybridized carbons (Fsp3) is 0.857. The minimum absolute atomic E-state index is 0.0131. The van der Waals surface area contributed by atoms with Crippen LogP contribution in [0.4, 0.5) is 0 Å². The third-order valence-corrected chi connectivity index (χ3v) is 4.71. The minimum atomic E-state index is -0.446. The van der Waals surface area contributed by atoms with Crippen molar-refractivity contribution >= 4 is 11.9 Å². The number of carbonyl (C=O) groups is 2. The van der Waals surface area contributed by atoms with Gasteiger partial charge in [-0.15, -0.1) is 0 Å². The Hall–Kier alpha value is -1.10. The van der Waals surface area contributed by atoms with Gasteiger partial charge in [-0.3, -0.25) is 14.9 Å². The molecule has 1 N–H and O–H groups in total. The highest BCUT2D eigenvalue weighted by Gasteiger charge is 2.49. The van der Waals surface area contributed by atoms with Crippen molar-refractivity contribution in [3.05, 3.63) is 0 Å². The Morgan fingerprint density at radius 3 is 2.63 bits per heavy atom. The molecule has 1 amide bonds. The molecule has 2 rings (SSSR count). The average Bonchev–Trinajstić information content (AvgIpc) is 2.43. The number of carbonyl (C=O) groups excluding carboxylic acids is 2. The molecule has 0 aromatic carbocycles. The van der Waals surface area contributed by atoms with Crippen LogP contribution in [0.2, 0.25) is 0 Å². The number of nitrogens with zero attached hydrogens (tertiary/aromatic N) is 1. The molecule has 1 saturated carbocycles. The fourth-order valence-corrected chi connectivity index (χ4v) is 3.33. The van der Waals surface area contributed by atoms with Crippen LogP contribution in [0, 0.1) is 0 Å². The van der Waals surface area contributed by atoms with Crippen molar-refractivity contribution in [2.24, 2.45) is 0 Å². The predicted octanol–water partition coefficient (Wildman–Crippen LogP) is 1.07. The summed E-state index contributed by atoms with van der Waals surface area (Å²) in [7, 11) is 3.25. The molecular weight excluding hydrogens is 244 g/mol. The molecule has 1 heterocycles. The van der Waals surface area contributed by atoms with E-state index in [2.05, 4.69) is 5.32 Å². The van der Waals surface area contributed by atoms with Crippen molar-refractivity contribution in [3.63, 3.8) is 0 Å². The molecule has 5 nitrogen and oxygen atoms in total. The Kier molecular flexibility index (Phi) is 4.13. The van der Waals surface area contributed by atoms with Gasteiger partial charge in [-0.1, -0.05) is 19.3 Å². The minimum Gasteiger partial charge on any atom is -0.469 e. The summed E-state index contributed by atoms with van der Waals surface area (Å²) in [5.41, 5.74) is -0.446. The van der Waals surface area contributed by atoms with Crippen LogP contribution >= 0.6 is 0 Å². The monoisotopic (exact) mass is 268 g/mol. The number of rotatable bonds is 2. The Balaban J connectivity index is 2.17. The summed E-state index contributed by atoms with van der Waals surface area (Å²) in [5.74, 6) is -0.0427. The van der Waals surface area contributed by atoms with Gasteiger partial charge in [-0.05, 0) is 19.8 Å². The summed E-state index contributed by atoms with van der Waals surface area (Å²) < 4.78 is 4.76. The Labute approximate surface area is 114 Å². The summed E-state index contributed by atoms with van der Waals surface area (Å²) >= 11 is 0. The molecule has 0 radical (unpaired) electrons. The number of hydrogen-bond donors (Lipinski definition) is 1. The second-order valence-electron chi connectivity index (χ2n) is 5.83. The number of nitrogens with one attached hydrogen (secondary N) is 1. The highest BCUT2D eigenvalue weighted by atomic mass is 16.5. The molecule has 1 aliphatic carbocycles. The standard InChI is InChI=1S/C14H24N2O3/c1-10-11(9-12(17)19-3)15-14(13(18)16(10)2)7-5-4-6-8-14/h10-11,15H,4-9H2,1-3H3/t10-,11+/m1/s1. The summed E-state index contributed by atoms with van der Waals surface area (Å²) in [6.45, 7) is 1.98. The van der Waals surface area contributed by atoms with E-state index in [-0.39, 0.29) is 24.0 Å². The quantitative estimate of drug-likeness (QED) is 0.761. The lowest BCUT2D eigenvalue weighted by molar-refractivity contribution is -0.151. The zero-order chi connectivity index (χ0) is 14.0. The molecule has 19 heavy (non-hydrogen) atoms. The van der Waals surface area contributed by atoms with Crippen LogP contribution in [-0.4, -0.2) is 48.6 Å². The number of piperazine rings is 1. The van der Waals surface area contributed by atoms with Crippen LogP contribution in [-0.2, 0) is 14.3 Å². The molecule has 2 fully saturated rings. The maximum absolute atomic E-state index is 12.6. The van der Waals surface area contributed by atoms with Crippen molar-refractivity contribution < 1.29 is 14.3 Å². The molecule has 0 aromatic heterocycles. The molecule has 0 aromatic rings. The Bertz CT molecular complexity index is 364. The smallest absolute Gasteiger partial charge is 0.307 e. The molecule has 1 spiro atoms. The van der Waals surface area contributed by atoms with Gasteiger partial charge >= 0.3 is 5.97 Å². The number of hydrogen-bond acceptors (Lipinski definition) is 4. The van der Waals surface area contributed by atoms with Crippen LogP contribution in [0.25, 0.3) is 0 Å². The van der Waals surface area contributed by atoms with Gasteiger partial charge in [0.25, 0.3) is 0 Å². The lowest BCUT2D eigenvalue weighted by atomic mass is 9.77. The van der Waals surface area contributed by atoms with Crippen LogP contribution < -0.4 is 5.32 Å². The largest absolute Gasteiger partial charge is 0.469 e. The van der Waals surface area contributed by atoms with Gasteiger partial charge in [-0.2, -0.15) is 0 Å². The molecule has 1 aliphatic heterocycles. The molecule has 0 unspecified atom stereocenters. The maximum atomic E-state index is 12.6. The van der Waals surface area contributed by atoms with Gasteiger partial charge < -0.3 is 9.64 Å². The van der Waals surface area contributed by atoms with Crippen molar-refractivity contribution in [2.75, 3.05) is 14.2 Å². The summed E-state index contributed by atoms with van der Waals surface area (Å²) in [5, 5.41) is 3.47. The van der Waals surface area contributed by atoms with Gasteiger partial charge in [0, 0.05) is 19.1 Å². The van der Waals surface area contributed by atoms with E-state index >= 15 is 0 Å². The average molecular weight is 268 g/mol. The molecule has 2 atom stereocenters. The van der Waals surface area contributed by atoms with Gasteiger partial charge in [-0.25, -0.2) is 0 Å². The lowest BCUT2D eigenvalue weighted by Gasteiger charge is -2.50. The normalized spacial score (nSPS) is 30.5. The van der Waals surface area contributed by atoms with Crippen LogP contribution in [0.5, 0.6) is 0 Å². The Morgan fingerprint density at radius 1 is 1.42 bits per heavy atom. The second-order valence-corrected chi connectivity index (χ2v) is 5.83. The first-order valence-corrected chi connectivity index (χ1v) is 7.12. The van der Waals surface area contributed by atoms with E-state index in [1.165, 1.54) is 13.5 Å². The van der Waals surface area contributed by atoms with E-state index in [4.69, 9.17) is 4.74 Å². The highest BCUT2D eigenvalue weighted by Crippen LogP contribution is 2.34. The van der Waals surface area contributed by atoms with E-state index in [0.29, 0.717) is 6.42 Å². The maximum Gasteiger partial charge on any atom is 0.307 e. The zero-order valence-corrected chi connectivity index (χ0v) is 12.1. The summed E-state index contributed by atoms with van der Waals surface area (Å²) in [6, 6.07) is -0.00704. The van der Waals surface area contributed by atoms with Gasteiger partial charge in [0.1, 0.15) is 0 Å². The molecular formula is C14H24N2O3. The van der Waals surface area contributed by atoms with E-state index in [1.54, 1.807) is 4.90 Å².